The predicted molar refractivity (Wildman–Crippen MR) is 80.6 cm³/mol. The fourth-order valence-corrected chi connectivity index (χ4v) is 2.03. The molecular weight excluding hydrogens is 310 g/mol. The molecule has 0 spiro atoms. The number of carbonyl (C=O) groups is 1. The van der Waals surface area contributed by atoms with Crippen molar-refractivity contribution in [1.82, 2.24) is 15.3 Å². The number of halogens is 1. The highest BCUT2D eigenvalue weighted by Crippen LogP contribution is 2.22. The van der Waals surface area contributed by atoms with Crippen LogP contribution in [0, 0.1) is 0 Å². The molecule has 0 saturated carbocycles. The van der Waals surface area contributed by atoms with Crippen LogP contribution in [0.5, 0.6) is 11.6 Å². The second kappa shape index (κ2) is 6.95. The van der Waals surface area contributed by atoms with Crippen LogP contribution in [0.15, 0.2) is 29.1 Å². The van der Waals surface area contributed by atoms with Crippen molar-refractivity contribution in [2.24, 2.45) is 0 Å². The lowest BCUT2D eigenvalue weighted by Crippen LogP contribution is -2.27. The number of benzene rings is 1. The summed E-state index contributed by atoms with van der Waals surface area (Å²) >= 11 is 5.87. The summed E-state index contributed by atoms with van der Waals surface area (Å²) in [6.07, 6.45) is 0.262. The van der Waals surface area contributed by atoms with E-state index in [0.29, 0.717) is 16.3 Å². The van der Waals surface area contributed by atoms with E-state index in [1.54, 1.807) is 12.1 Å². The first-order valence-electron chi connectivity index (χ1n) is 6.40. The number of aromatic nitrogens is 2. The molecule has 1 heterocycles. The molecule has 0 bridgehead atoms. The molecule has 116 valence electrons. The predicted octanol–water partition coefficient (Wildman–Crippen LogP) is 1.11. The topological polar surface area (TPSA) is 104 Å². The zero-order valence-corrected chi connectivity index (χ0v) is 12.5. The van der Waals surface area contributed by atoms with E-state index < -0.39 is 5.56 Å². The van der Waals surface area contributed by atoms with Gasteiger partial charge in [0.25, 0.3) is 11.5 Å². The van der Waals surface area contributed by atoms with Gasteiger partial charge in [0.15, 0.2) is 0 Å². The number of nitrogens with one attached hydrogen (secondary N) is 2. The molecule has 2 aromatic rings. The summed E-state index contributed by atoms with van der Waals surface area (Å²) in [5, 5.41) is 12.3. The third-order valence-corrected chi connectivity index (χ3v) is 3.07. The van der Waals surface area contributed by atoms with E-state index in [2.05, 4.69) is 15.3 Å². The van der Waals surface area contributed by atoms with Crippen LogP contribution in [0.4, 0.5) is 0 Å². The van der Waals surface area contributed by atoms with Crippen molar-refractivity contribution in [3.63, 3.8) is 0 Å². The molecule has 0 unspecified atom stereocenters. The van der Waals surface area contributed by atoms with Gasteiger partial charge in [-0.05, 0) is 18.2 Å². The second-order valence-corrected chi connectivity index (χ2v) is 4.84. The van der Waals surface area contributed by atoms with Gasteiger partial charge in [0.2, 0.25) is 5.88 Å². The summed E-state index contributed by atoms with van der Waals surface area (Å²) in [7, 11) is 1.46. The first-order chi connectivity index (χ1) is 10.5. The average Bonchev–Trinajstić information content (AvgIpc) is 2.46. The molecule has 0 saturated heterocycles. The zero-order valence-electron chi connectivity index (χ0n) is 11.7. The molecule has 0 aliphatic rings. The van der Waals surface area contributed by atoms with E-state index in [9.17, 15) is 14.7 Å². The van der Waals surface area contributed by atoms with Gasteiger partial charge >= 0.3 is 0 Å². The lowest BCUT2D eigenvalue weighted by molar-refractivity contribution is 0.0951. The van der Waals surface area contributed by atoms with Crippen molar-refractivity contribution in [3.8, 4) is 11.6 Å². The van der Waals surface area contributed by atoms with Crippen LogP contribution in [0.25, 0.3) is 0 Å². The molecule has 0 fully saturated rings. The van der Waals surface area contributed by atoms with E-state index in [1.807, 2.05) is 0 Å². The molecule has 0 radical (unpaired) electrons. The fraction of sp³-hybridized carbons (Fsp3) is 0.214. The van der Waals surface area contributed by atoms with Crippen molar-refractivity contribution in [3.05, 3.63) is 51.0 Å². The fourth-order valence-electron chi connectivity index (χ4n) is 1.86. The zero-order chi connectivity index (χ0) is 16.1. The number of nitrogens with zero attached hydrogens (tertiary/aromatic N) is 1. The Labute approximate surface area is 130 Å². The summed E-state index contributed by atoms with van der Waals surface area (Å²) in [5.74, 6) is -0.0300. The van der Waals surface area contributed by atoms with E-state index >= 15 is 0 Å². The first kappa shape index (κ1) is 15.8. The maximum atomic E-state index is 12.1. The van der Waals surface area contributed by atoms with E-state index in [4.69, 9.17) is 16.3 Å². The molecular formula is C14H14ClN3O4. The molecule has 1 amide bonds. The number of amides is 1. The Morgan fingerprint density at radius 2 is 2.23 bits per heavy atom. The Hall–Kier alpha value is -2.54. The minimum absolute atomic E-state index is 0.223. The largest absolute Gasteiger partial charge is 0.496 e. The number of rotatable bonds is 5. The third-order valence-electron chi connectivity index (χ3n) is 2.83. The van der Waals surface area contributed by atoms with Crippen molar-refractivity contribution in [2.45, 2.75) is 6.42 Å². The molecule has 0 atom stereocenters. The molecule has 3 N–H and O–H groups in total. The molecule has 0 aliphatic carbocycles. The van der Waals surface area contributed by atoms with E-state index in [1.165, 1.54) is 13.2 Å². The third kappa shape index (κ3) is 3.98. The first-order valence-corrected chi connectivity index (χ1v) is 6.78. The number of carbonyl (C=O) groups excluding carboxylic acids is 1. The smallest absolute Gasteiger partial charge is 0.255 e. The van der Waals surface area contributed by atoms with Gasteiger partial charge in [-0.25, -0.2) is 4.98 Å². The van der Waals surface area contributed by atoms with Gasteiger partial charge in [-0.1, -0.05) is 11.6 Å². The number of ether oxygens (including phenoxy) is 1. The Bertz CT molecular complexity index is 745. The Balaban J connectivity index is 2.01. The van der Waals surface area contributed by atoms with Crippen LogP contribution in [0.2, 0.25) is 5.02 Å². The number of hydrogen-bond acceptors (Lipinski definition) is 5. The van der Waals surface area contributed by atoms with Crippen LogP contribution in [0.3, 0.4) is 0 Å². The van der Waals surface area contributed by atoms with Gasteiger partial charge in [-0.3, -0.25) is 9.59 Å². The molecule has 1 aromatic heterocycles. The van der Waals surface area contributed by atoms with Crippen LogP contribution >= 0.6 is 11.6 Å². The van der Waals surface area contributed by atoms with E-state index in [-0.39, 0.29) is 30.6 Å². The molecule has 0 aliphatic heterocycles. The highest BCUT2D eigenvalue weighted by molar-refractivity contribution is 6.31. The van der Waals surface area contributed by atoms with Crippen molar-refractivity contribution >= 4 is 17.5 Å². The van der Waals surface area contributed by atoms with Gasteiger partial charge < -0.3 is 20.1 Å². The lowest BCUT2D eigenvalue weighted by atomic mass is 10.2. The molecule has 22 heavy (non-hydrogen) atoms. The summed E-state index contributed by atoms with van der Waals surface area (Å²) < 4.78 is 5.11. The Morgan fingerprint density at radius 1 is 1.45 bits per heavy atom. The number of aromatic hydroxyl groups is 1. The van der Waals surface area contributed by atoms with Crippen LogP contribution in [0.1, 0.15) is 16.2 Å². The summed E-state index contributed by atoms with van der Waals surface area (Å²) in [5.41, 5.74) is -0.141. The molecule has 7 nitrogen and oxygen atoms in total. The highest BCUT2D eigenvalue weighted by Gasteiger charge is 2.12. The van der Waals surface area contributed by atoms with Gasteiger partial charge in [0.1, 0.15) is 11.6 Å². The van der Waals surface area contributed by atoms with Crippen LogP contribution in [-0.4, -0.2) is 34.6 Å². The number of aromatic amines is 1. The normalized spacial score (nSPS) is 10.3. The van der Waals surface area contributed by atoms with E-state index in [0.717, 1.165) is 6.07 Å². The Morgan fingerprint density at radius 3 is 2.91 bits per heavy atom. The minimum Gasteiger partial charge on any atom is -0.496 e. The maximum Gasteiger partial charge on any atom is 0.255 e. The SMILES string of the molecule is COc1ccc(Cl)cc1C(=O)NCCc1nc(O)cc(=O)[nH]1. The summed E-state index contributed by atoms with van der Waals surface area (Å²) in [4.78, 5) is 29.5. The number of methoxy groups -OCH3 is 1. The van der Waals surface area contributed by atoms with Gasteiger partial charge in [-0.15, -0.1) is 0 Å². The lowest BCUT2D eigenvalue weighted by Gasteiger charge is -2.09. The molecule has 8 heteroatoms. The Kier molecular flexibility index (Phi) is 5.00. The van der Waals surface area contributed by atoms with Gasteiger partial charge in [-0.2, -0.15) is 0 Å². The number of H-pyrrole nitrogens is 1. The maximum absolute atomic E-state index is 12.1. The average molecular weight is 324 g/mol. The second-order valence-electron chi connectivity index (χ2n) is 4.40. The monoisotopic (exact) mass is 323 g/mol. The highest BCUT2D eigenvalue weighted by atomic mass is 35.5. The summed E-state index contributed by atoms with van der Waals surface area (Å²) in [6.45, 7) is 0.223. The van der Waals surface area contributed by atoms with Gasteiger partial charge in [0.05, 0.1) is 18.7 Å². The number of hydrogen-bond donors (Lipinski definition) is 3. The minimum atomic E-state index is -0.453. The van der Waals surface area contributed by atoms with Crippen molar-refractivity contribution in [1.29, 1.82) is 0 Å². The molecule has 1 aromatic carbocycles. The van der Waals surface area contributed by atoms with Crippen LogP contribution in [-0.2, 0) is 6.42 Å². The standard InChI is InChI=1S/C14H14ClN3O4/c1-22-10-3-2-8(15)6-9(10)14(21)16-5-4-11-17-12(19)7-13(20)18-11/h2-3,6-7H,4-5H2,1H3,(H,16,21)(H2,17,18,19,20). The van der Waals surface area contributed by atoms with Crippen LogP contribution < -0.4 is 15.6 Å². The quantitative estimate of drug-likeness (QED) is 0.764. The van der Waals surface area contributed by atoms with Crippen molar-refractivity contribution < 1.29 is 14.6 Å². The molecule has 2 rings (SSSR count). The van der Waals surface area contributed by atoms with Crippen molar-refractivity contribution in [2.75, 3.05) is 13.7 Å². The van der Waals surface area contributed by atoms with Gasteiger partial charge in [0, 0.05) is 18.0 Å². The summed E-state index contributed by atoms with van der Waals surface area (Å²) in [6, 6.07) is 5.70.